The second-order valence-corrected chi connectivity index (χ2v) is 4.88. The summed E-state index contributed by atoms with van der Waals surface area (Å²) >= 11 is 0. The van der Waals surface area contributed by atoms with Crippen molar-refractivity contribution in [2.45, 2.75) is 38.7 Å². The van der Waals surface area contributed by atoms with Gasteiger partial charge >= 0.3 is 6.09 Å². The van der Waals surface area contributed by atoms with E-state index in [1.54, 1.807) is 0 Å². The summed E-state index contributed by atoms with van der Waals surface area (Å²) in [5.41, 5.74) is 0. The molecule has 96 valence electrons. The second kappa shape index (κ2) is 5.93. The normalized spacial score (nSPS) is 21.4. The molecular weight excluding hydrogens is 219 g/mol. The lowest BCUT2D eigenvalue weighted by atomic mass is 9.93. The molecule has 6 heteroatoms. The van der Waals surface area contributed by atoms with Crippen LogP contribution in [-0.4, -0.2) is 50.4 Å². The molecule has 1 rings (SSSR count). The molecule has 0 spiro atoms. The van der Waals surface area contributed by atoms with Crippen LogP contribution in [0.2, 0.25) is 0 Å². The maximum Gasteiger partial charge on any atom is 0.407 e. The van der Waals surface area contributed by atoms with Gasteiger partial charge in [-0.1, -0.05) is 13.8 Å². The Labute approximate surface area is 103 Å². The quantitative estimate of drug-likeness (QED) is 0.703. The third-order valence-electron chi connectivity index (χ3n) is 3.23. The van der Waals surface area contributed by atoms with Crippen molar-refractivity contribution in [3.63, 3.8) is 0 Å². The van der Waals surface area contributed by atoms with Gasteiger partial charge in [0.15, 0.2) is 0 Å². The van der Waals surface area contributed by atoms with Crippen LogP contribution in [0.25, 0.3) is 0 Å². The van der Waals surface area contributed by atoms with Gasteiger partial charge in [0, 0.05) is 6.54 Å². The fraction of sp³-hybridized carbons (Fsp3) is 0.818. The van der Waals surface area contributed by atoms with E-state index in [1.807, 2.05) is 26.6 Å². The van der Waals surface area contributed by atoms with Crippen LogP contribution in [0.1, 0.15) is 26.7 Å². The first kappa shape index (κ1) is 13.9. The van der Waals surface area contributed by atoms with Crippen molar-refractivity contribution in [3.05, 3.63) is 0 Å². The van der Waals surface area contributed by atoms with E-state index in [0.29, 0.717) is 0 Å². The van der Waals surface area contributed by atoms with Crippen molar-refractivity contribution >= 4 is 19.8 Å². The monoisotopic (exact) mass is 240 g/mol. The lowest BCUT2D eigenvalue weighted by Crippen LogP contribution is -2.52. The standard InChI is InChI=1S/C11H21BN2O3/c1-7(2)9(13-11(16)17-3)10(15)14-6-4-5-8(14)12/h7-9H,4-6,12H2,1-3H3,(H,13,16)/t8-,9-/m0/s1. The number of rotatable bonds is 3. The molecule has 1 fully saturated rings. The van der Waals surface area contributed by atoms with Crippen LogP contribution in [0, 0.1) is 5.92 Å². The first-order chi connectivity index (χ1) is 7.97. The molecule has 17 heavy (non-hydrogen) atoms. The molecule has 0 radical (unpaired) electrons. The highest BCUT2D eigenvalue weighted by Crippen LogP contribution is 2.17. The zero-order valence-corrected chi connectivity index (χ0v) is 11.0. The van der Waals surface area contributed by atoms with Crippen LogP contribution in [-0.2, 0) is 9.53 Å². The lowest BCUT2D eigenvalue weighted by molar-refractivity contribution is -0.134. The molecule has 1 heterocycles. The number of alkyl carbamates (subject to hydrolysis) is 1. The number of hydrogen-bond acceptors (Lipinski definition) is 3. The van der Waals surface area contributed by atoms with Crippen molar-refractivity contribution in [1.29, 1.82) is 0 Å². The number of nitrogens with one attached hydrogen (secondary N) is 1. The van der Waals surface area contributed by atoms with Gasteiger partial charge in [0.25, 0.3) is 0 Å². The summed E-state index contributed by atoms with van der Waals surface area (Å²) < 4.78 is 4.55. The summed E-state index contributed by atoms with van der Waals surface area (Å²) in [6.07, 6.45) is 1.52. The van der Waals surface area contributed by atoms with Crippen molar-refractivity contribution in [3.8, 4) is 0 Å². The van der Waals surface area contributed by atoms with Gasteiger partial charge < -0.3 is 15.0 Å². The highest BCUT2D eigenvalue weighted by atomic mass is 16.5. The minimum atomic E-state index is -0.552. The van der Waals surface area contributed by atoms with Crippen LogP contribution in [0.15, 0.2) is 0 Å². The zero-order chi connectivity index (χ0) is 13.0. The summed E-state index contributed by atoms with van der Waals surface area (Å²) in [5.74, 6) is 0.313. The average molecular weight is 240 g/mol. The van der Waals surface area contributed by atoms with Crippen LogP contribution in [0.5, 0.6) is 0 Å². The highest BCUT2D eigenvalue weighted by molar-refractivity contribution is 6.13. The Morgan fingerprint density at radius 2 is 2.12 bits per heavy atom. The van der Waals surface area contributed by atoms with E-state index >= 15 is 0 Å². The molecule has 1 saturated heterocycles. The smallest absolute Gasteiger partial charge is 0.407 e. The fourth-order valence-corrected chi connectivity index (χ4v) is 2.14. The summed E-state index contributed by atoms with van der Waals surface area (Å²) in [4.78, 5) is 25.4. The molecule has 0 aromatic rings. The Morgan fingerprint density at radius 1 is 1.47 bits per heavy atom. The van der Waals surface area contributed by atoms with Gasteiger partial charge in [0.05, 0.1) is 7.11 Å². The van der Waals surface area contributed by atoms with Crippen LogP contribution >= 0.6 is 0 Å². The summed E-state index contributed by atoms with van der Waals surface area (Å²) in [6.45, 7) is 4.62. The third kappa shape index (κ3) is 3.38. The van der Waals surface area contributed by atoms with Gasteiger partial charge in [-0.25, -0.2) is 4.79 Å². The Hall–Kier alpha value is -1.20. The molecule has 0 aromatic heterocycles. The SMILES string of the molecule is B[C@@H]1CCCN1C(=O)[C@@H](NC(=O)OC)C(C)C. The molecule has 0 saturated carbocycles. The van der Waals surface area contributed by atoms with Crippen molar-refractivity contribution in [2.75, 3.05) is 13.7 Å². The van der Waals surface area contributed by atoms with E-state index in [0.717, 1.165) is 19.4 Å². The number of carbonyl (C=O) groups excluding carboxylic acids is 2. The van der Waals surface area contributed by atoms with Gasteiger partial charge in [0.2, 0.25) is 5.91 Å². The molecular formula is C11H21BN2O3. The van der Waals surface area contributed by atoms with Gasteiger partial charge in [-0.3, -0.25) is 4.79 Å². The van der Waals surface area contributed by atoms with E-state index in [2.05, 4.69) is 10.1 Å². The largest absolute Gasteiger partial charge is 0.453 e. The summed E-state index contributed by atoms with van der Waals surface area (Å²) in [6, 6.07) is -0.497. The Morgan fingerprint density at radius 3 is 2.53 bits per heavy atom. The number of hydrogen-bond donors (Lipinski definition) is 1. The van der Waals surface area contributed by atoms with Gasteiger partial charge in [-0.05, 0) is 24.7 Å². The molecule has 0 aliphatic carbocycles. The fourth-order valence-electron chi connectivity index (χ4n) is 2.14. The van der Waals surface area contributed by atoms with Crippen LogP contribution in [0.3, 0.4) is 0 Å². The molecule has 5 nitrogen and oxygen atoms in total. The lowest BCUT2D eigenvalue weighted by Gasteiger charge is -2.29. The van der Waals surface area contributed by atoms with E-state index in [9.17, 15) is 9.59 Å². The van der Waals surface area contributed by atoms with Gasteiger partial charge in [-0.15, -0.1) is 0 Å². The predicted molar refractivity (Wildman–Crippen MR) is 67.4 cm³/mol. The minimum Gasteiger partial charge on any atom is -0.453 e. The molecule has 2 atom stereocenters. The van der Waals surface area contributed by atoms with Crippen LogP contribution in [0.4, 0.5) is 4.79 Å². The second-order valence-electron chi connectivity index (χ2n) is 4.88. The first-order valence-corrected chi connectivity index (χ1v) is 6.12. The Balaban J connectivity index is 2.69. The number of likely N-dealkylation sites (tertiary alicyclic amines) is 1. The van der Waals surface area contributed by atoms with Crippen molar-refractivity contribution in [1.82, 2.24) is 10.2 Å². The molecule has 1 aliphatic heterocycles. The van der Waals surface area contributed by atoms with E-state index in [1.165, 1.54) is 7.11 Å². The topological polar surface area (TPSA) is 58.6 Å². The van der Waals surface area contributed by atoms with Gasteiger partial charge in [-0.2, -0.15) is 0 Å². The van der Waals surface area contributed by atoms with E-state index in [-0.39, 0.29) is 17.8 Å². The number of methoxy groups -OCH3 is 1. The number of ether oxygens (including phenoxy) is 1. The highest BCUT2D eigenvalue weighted by Gasteiger charge is 2.33. The van der Waals surface area contributed by atoms with Crippen molar-refractivity contribution < 1.29 is 14.3 Å². The van der Waals surface area contributed by atoms with E-state index < -0.39 is 12.1 Å². The molecule has 0 unspecified atom stereocenters. The third-order valence-corrected chi connectivity index (χ3v) is 3.23. The molecule has 0 bridgehead atoms. The maximum atomic E-state index is 12.3. The number of amides is 2. The zero-order valence-electron chi connectivity index (χ0n) is 11.0. The van der Waals surface area contributed by atoms with Crippen molar-refractivity contribution in [2.24, 2.45) is 5.92 Å². The molecule has 0 aromatic carbocycles. The van der Waals surface area contributed by atoms with E-state index in [4.69, 9.17) is 0 Å². The Bertz CT molecular complexity index is 296. The summed E-state index contributed by atoms with van der Waals surface area (Å²) in [7, 11) is 3.34. The number of carbonyl (C=O) groups is 2. The average Bonchev–Trinajstić information content (AvgIpc) is 2.70. The maximum absolute atomic E-state index is 12.3. The predicted octanol–water partition coefficient (Wildman–Crippen LogP) is -0.0514. The summed E-state index contributed by atoms with van der Waals surface area (Å²) in [5, 5.41) is 2.61. The molecule has 2 amide bonds. The molecule has 1 N–H and O–H groups in total. The first-order valence-electron chi connectivity index (χ1n) is 6.12. The minimum absolute atomic E-state index is 0.00426. The molecule has 1 aliphatic rings. The van der Waals surface area contributed by atoms with Crippen LogP contribution < -0.4 is 5.32 Å². The number of nitrogens with zero attached hydrogens (tertiary/aromatic N) is 1. The van der Waals surface area contributed by atoms with Gasteiger partial charge in [0.1, 0.15) is 13.9 Å². The Kier molecular flexibility index (Phi) is 4.84.